The van der Waals surface area contributed by atoms with Gasteiger partial charge in [-0.15, -0.1) is 0 Å². The third kappa shape index (κ3) is 3.26. The monoisotopic (exact) mass is 456 g/mol. The summed E-state index contributed by atoms with van der Waals surface area (Å²) in [6, 6.07) is 1.35. The van der Waals surface area contributed by atoms with E-state index in [1.807, 2.05) is 0 Å². The van der Waals surface area contributed by atoms with Gasteiger partial charge in [-0.1, -0.05) is 11.6 Å². The van der Waals surface area contributed by atoms with Gasteiger partial charge in [0.15, 0.2) is 5.82 Å². The fourth-order valence-corrected chi connectivity index (χ4v) is 3.83. The molecular formula is C18H19BrClFN4O2. The van der Waals surface area contributed by atoms with E-state index in [4.69, 9.17) is 22.1 Å². The number of aromatic nitrogens is 3. The van der Waals surface area contributed by atoms with Crippen molar-refractivity contribution in [1.29, 1.82) is 0 Å². The number of hydrogen-bond acceptors (Lipinski definition) is 5. The minimum Gasteiger partial charge on any atom is -0.489 e. The van der Waals surface area contributed by atoms with Crippen LogP contribution in [0.5, 0.6) is 5.75 Å². The predicted octanol–water partition coefficient (Wildman–Crippen LogP) is 4.22. The molecule has 2 aromatic heterocycles. The Kier molecular flexibility index (Phi) is 5.09. The Morgan fingerprint density at radius 1 is 1.44 bits per heavy atom. The summed E-state index contributed by atoms with van der Waals surface area (Å²) >= 11 is 9.23. The summed E-state index contributed by atoms with van der Waals surface area (Å²) in [5.74, 6) is 0.0756. The van der Waals surface area contributed by atoms with Gasteiger partial charge in [0.25, 0.3) is 0 Å². The highest BCUT2D eigenvalue weighted by Crippen LogP contribution is 2.44. The molecule has 0 amide bonds. The Labute approximate surface area is 169 Å². The lowest BCUT2D eigenvalue weighted by Gasteiger charge is -2.27. The van der Waals surface area contributed by atoms with Crippen molar-refractivity contribution in [2.45, 2.75) is 39.4 Å². The van der Waals surface area contributed by atoms with Gasteiger partial charge in [0.2, 0.25) is 0 Å². The van der Waals surface area contributed by atoms with E-state index in [2.05, 4.69) is 25.9 Å². The minimum absolute atomic E-state index is 0.0396. The van der Waals surface area contributed by atoms with Gasteiger partial charge in [-0.2, -0.15) is 0 Å². The third-order valence-electron chi connectivity index (χ3n) is 4.19. The highest BCUT2D eigenvalue weighted by molar-refractivity contribution is 9.10. The highest BCUT2D eigenvalue weighted by Gasteiger charge is 2.37. The molecule has 0 aliphatic rings. The van der Waals surface area contributed by atoms with E-state index >= 15 is 0 Å². The number of benzene rings is 1. The van der Waals surface area contributed by atoms with Crippen molar-refractivity contribution in [2.75, 3.05) is 5.73 Å². The Morgan fingerprint density at radius 2 is 2.11 bits per heavy atom. The topological polar surface area (TPSA) is 85.7 Å². The van der Waals surface area contributed by atoms with Crippen molar-refractivity contribution < 1.29 is 14.2 Å². The normalized spacial score (nSPS) is 14.0. The van der Waals surface area contributed by atoms with Gasteiger partial charge in [0.05, 0.1) is 21.3 Å². The average molecular weight is 458 g/mol. The molecule has 1 aromatic carbocycles. The number of imidazole rings is 1. The second-order valence-electron chi connectivity index (χ2n) is 6.65. The number of ether oxygens (including phenoxy) is 1. The molecule has 0 radical (unpaired) electrons. The zero-order valence-electron chi connectivity index (χ0n) is 15.2. The van der Waals surface area contributed by atoms with Crippen LogP contribution in [-0.4, -0.2) is 25.6 Å². The number of halogens is 3. The summed E-state index contributed by atoms with van der Waals surface area (Å²) in [4.78, 5) is 8.55. The number of nitrogen functional groups attached to an aromatic ring is 1. The molecule has 3 rings (SSSR count). The van der Waals surface area contributed by atoms with Crippen LogP contribution in [0.3, 0.4) is 0 Å². The summed E-state index contributed by atoms with van der Waals surface area (Å²) < 4.78 is 21.8. The summed E-state index contributed by atoms with van der Waals surface area (Å²) in [7, 11) is 0. The number of anilines is 1. The first kappa shape index (κ1) is 19.9. The van der Waals surface area contributed by atoms with Gasteiger partial charge < -0.3 is 15.6 Å². The fraction of sp³-hybridized carbons (Fsp3) is 0.333. The second-order valence-corrected chi connectivity index (χ2v) is 7.85. The summed E-state index contributed by atoms with van der Waals surface area (Å²) in [5.41, 5.74) is 5.77. The van der Waals surface area contributed by atoms with Crippen LogP contribution in [0.15, 0.2) is 22.9 Å². The lowest BCUT2D eigenvalue weighted by atomic mass is 9.93. The molecule has 9 heteroatoms. The van der Waals surface area contributed by atoms with Gasteiger partial charge in [-0.3, -0.25) is 4.40 Å². The Hall–Kier alpha value is -1.90. The fourth-order valence-electron chi connectivity index (χ4n) is 3.00. The van der Waals surface area contributed by atoms with Crippen LogP contribution >= 0.6 is 27.5 Å². The zero-order chi connectivity index (χ0) is 20.1. The van der Waals surface area contributed by atoms with Crippen LogP contribution in [0, 0.1) is 12.7 Å². The van der Waals surface area contributed by atoms with E-state index in [9.17, 15) is 9.50 Å². The maximum atomic E-state index is 14.3. The standard InChI is InChI=1S/C18H19BrClFN4O2/c1-8(2)27-15-10(7-11(20)13(21)12(15)19)18(4,26)17-24-9(3)14-16(22)23-5-6-25(14)17/h5-8,26H,1-4H3,(H2,22,23)/t18-/m0/s1. The quantitative estimate of drug-likeness (QED) is 0.573. The maximum Gasteiger partial charge on any atom is 0.159 e. The van der Waals surface area contributed by atoms with E-state index < -0.39 is 11.4 Å². The molecule has 0 saturated carbocycles. The van der Waals surface area contributed by atoms with Gasteiger partial charge >= 0.3 is 0 Å². The van der Waals surface area contributed by atoms with E-state index in [-0.39, 0.29) is 32.7 Å². The average Bonchev–Trinajstić information content (AvgIpc) is 2.93. The van der Waals surface area contributed by atoms with Gasteiger partial charge in [-0.05, 0) is 49.7 Å². The largest absolute Gasteiger partial charge is 0.489 e. The van der Waals surface area contributed by atoms with E-state index in [1.54, 1.807) is 38.3 Å². The number of nitrogens with zero attached hydrogens (tertiary/aromatic N) is 3. The SMILES string of the molecule is Cc1nc([C@@](C)(O)c2cc(Cl)c(F)c(Br)c2OC(C)C)n2ccnc(N)c12. The minimum atomic E-state index is -1.66. The molecule has 3 aromatic rings. The van der Waals surface area contributed by atoms with Crippen LogP contribution in [0.1, 0.15) is 37.9 Å². The van der Waals surface area contributed by atoms with Crippen LogP contribution in [0.2, 0.25) is 5.02 Å². The number of nitrogens with two attached hydrogens (primary N) is 1. The molecule has 0 bridgehead atoms. The third-order valence-corrected chi connectivity index (χ3v) is 5.17. The molecule has 144 valence electrons. The van der Waals surface area contributed by atoms with Gasteiger partial charge in [0, 0.05) is 18.0 Å². The lowest BCUT2D eigenvalue weighted by Crippen LogP contribution is -2.28. The van der Waals surface area contributed by atoms with Crippen molar-refractivity contribution in [3.8, 4) is 5.75 Å². The number of fused-ring (bicyclic) bond motifs is 1. The van der Waals surface area contributed by atoms with Crippen molar-refractivity contribution >= 4 is 38.9 Å². The first-order valence-corrected chi connectivity index (χ1v) is 9.39. The molecule has 2 heterocycles. The molecule has 0 aliphatic carbocycles. The summed E-state index contributed by atoms with van der Waals surface area (Å²) in [5, 5.41) is 11.3. The Balaban J connectivity index is 2.32. The molecule has 6 nitrogen and oxygen atoms in total. The van der Waals surface area contributed by atoms with Crippen LogP contribution < -0.4 is 10.5 Å². The van der Waals surface area contributed by atoms with Crippen LogP contribution in [0.25, 0.3) is 5.52 Å². The van der Waals surface area contributed by atoms with Gasteiger partial charge in [0.1, 0.15) is 28.5 Å². The molecule has 0 aliphatic heterocycles. The van der Waals surface area contributed by atoms with Crippen LogP contribution in [-0.2, 0) is 5.60 Å². The number of aryl methyl sites for hydroxylation is 1. The van der Waals surface area contributed by atoms with E-state index in [1.165, 1.54) is 12.3 Å². The molecule has 1 atom stereocenters. The van der Waals surface area contributed by atoms with Crippen molar-refractivity contribution in [2.24, 2.45) is 0 Å². The van der Waals surface area contributed by atoms with Crippen molar-refractivity contribution in [3.05, 3.63) is 50.9 Å². The molecule has 3 N–H and O–H groups in total. The molecule has 27 heavy (non-hydrogen) atoms. The Bertz CT molecular complexity index is 1040. The predicted molar refractivity (Wildman–Crippen MR) is 106 cm³/mol. The smallest absolute Gasteiger partial charge is 0.159 e. The Morgan fingerprint density at radius 3 is 2.74 bits per heavy atom. The van der Waals surface area contributed by atoms with Gasteiger partial charge in [-0.25, -0.2) is 14.4 Å². The molecule has 0 unspecified atom stereocenters. The molecular weight excluding hydrogens is 439 g/mol. The zero-order valence-corrected chi connectivity index (χ0v) is 17.6. The number of rotatable bonds is 4. The molecule has 0 fully saturated rings. The van der Waals surface area contributed by atoms with Crippen molar-refractivity contribution in [1.82, 2.24) is 14.4 Å². The molecule has 0 saturated heterocycles. The van der Waals surface area contributed by atoms with E-state index in [0.717, 1.165) is 0 Å². The first-order valence-electron chi connectivity index (χ1n) is 8.22. The highest BCUT2D eigenvalue weighted by atomic mass is 79.9. The molecule has 0 spiro atoms. The maximum absolute atomic E-state index is 14.3. The lowest BCUT2D eigenvalue weighted by molar-refractivity contribution is 0.0853. The van der Waals surface area contributed by atoms with Crippen LogP contribution in [0.4, 0.5) is 10.2 Å². The van der Waals surface area contributed by atoms with E-state index in [0.29, 0.717) is 17.0 Å². The number of aliphatic hydroxyl groups is 1. The van der Waals surface area contributed by atoms with Crippen molar-refractivity contribution in [3.63, 3.8) is 0 Å². The second kappa shape index (κ2) is 6.92. The summed E-state index contributed by atoms with van der Waals surface area (Å²) in [6.07, 6.45) is 2.91. The number of hydrogen-bond donors (Lipinski definition) is 2. The first-order chi connectivity index (χ1) is 12.6. The summed E-state index contributed by atoms with van der Waals surface area (Å²) in [6.45, 7) is 6.92.